The Bertz CT molecular complexity index is 464. The van der Waals surface area contributed by atoms with Gasteiger partial charge in [0.05, 0.1) is 17.4 Å². The molecular formula is C13H18BNO3. The molecular weight excluding hydrogens is 229 g/mol. The Balaban J connectivity index is 1.85. The summed E-state index contributed by atoms with van der Waals surface area (Å²) in [6, 6.07) is 6.03. The van der Waals surface area contributed by atoms with Crippen molar-refractivity contribution in [2.24, 2.45) is 0 Å². The SMILES string of the molecule is C[C@H]1OB(c2ccc3c(c2)NCCO3)OC1(C)C. The zero-order valence-electron chi connectivity index (χ0n) is 11.0. The zero-order chi connectivity index (χ0) is 12.8. The quantitative estimate of drug-likeness (QED) is 0.761. The first-order chi connectivity index (χ1) is 8.56. The molecule has 0 saturated carbocycles. The van der Waals surface area contributed by atoms with E-state index >= 15 is 0 Å². The van der Waals surface area contributed by atoms with Crippen molar-refractivity contribution in [3.05, 3.63) is 18.2 Å². The van der Waals surface area contributed by atoms with E-state index in [2.05, 4.69) is 19.2 Å². The molecule has 0 amide bonds. The zero-order valence-corrected chi connectivity index (χ0v) is 11.0. The van der Waals surface area contributed by atoms with Crippen molar-refractivity contribution in [2.75, 3.05) is 18.5 Å². The predicted octanol–water partition coefficient (Wildman–Crippen LogP) is 1.40. The highest BCUT2D eigenvalue weighted by atomic mass is 16.7. The van der Waals surface area contributed by atoms with Crippen molar-refractivity contribution in [3.8, 4) is 5.75 Å². The molecule has 4 nitrogen and oxygen atoms in total. The van der Waals surface area contributed by atoms with Crippen LogP contribution >= 0.6 is 0 Å². The number of benzene rings is 1. The Morgan fingerprint density at radius 1 is 1.39 bits per heavy atom. The molecule has 2 heterocycles. The third kappa shape index (κ3) is 1.97. The van der Waals surface area contributed by atoms with Gasteiger partial charge in [-0.25, -0.2) is 0 Å². The molecule has 1 N–H and O–H groups in total. The highest BCUT2D eigenvalue weighted by Crippen LogP contribution is 2.29. The Kier molecular flexibility index (Phi) is 2.75. The summed E-state index contributed by atoms with van der Waals surface area (Å²) in [6.45, 7) is 7.70. The van der Waals surface area contributed by atoms with Crippen molar-refractivity contribution in [2.45, 2.75) is 32.5 Å². The van der Waals surface area contributed by atoms with E-state index in [0.717, 1.165) is 23.4 Å². The lowest BCUT2D eigenvalue weighted by molar-refractivity contribution is 0.0842. The summed E-state index contributed by atoms with van der Waals surface area (Å²) in [5.74, 6) is 0.898. The third-order valence-electron chi connectivity index (χ3n) is 3.67. The first kappa shape index (κ1) is 11.9. The van der Waals surface area contributed by atoms with E-state index in [0.29, 0.717) is 6.61 Å². The van der Waals surface area contributed by atoms with Crippen LogP contribution in [0.3, 0.4) is 0 Å². The number of rotatable bonds is 1. The topological polar surface area (TPSA) is 39.7 Å². The van der Waals surface area contributed by atoms with Crippen molar-refractivity contribution in [3.63, 3.8) is 0 Å². The average molecular weight is 247 g/mol. The molecule has 1 aromatic rings. The second-order valence-corrected chi connectivity index (χ2v) is 5.36. The van der Waals surface area contributed by atoms with Crippen LogP contribution < -0.4 is 15.5 Å². The molecule has 0 radical (unpaired) electrons. The average Bonchev–Trinajstić information content (AvgIpc) is 2.63. The van der Waals surface area contributed by atoms with E-state index in [1.807, 2.05) is 25.1 Å². The number of ether oxygens (including phenoxy) is 1. The first-order valence-electron chi connectivity index (χ1n) is 6.40. The summed E-state index contributed by atoms with van der Waals surface area (Å²) in [6.07, 6.45) is 0.0859. The maximum Gasteiger partial charge on any atom is 0.494 e. The minimum Gasteiger partial charge on any atom is -0.490 e. The monoisotopic (exact) mass is 247 g/mol. The molecule has 1 aromatic carbocycles. The van der Waals surface area contributed by atoms with Crippen LogP contribution in [0.2, 0.25) is 0 Å². The molecule has 1 saturated heterocycles. The van der Waals surface area contributed by atoms with Crippen LogP contribution in [-0.2, 0) is 9.31 Å². The van der Waals surface area contributed by atoms with Gasteiger partial charge in [-0.3, -0.25) is 0 Å². The van der Waals surface area contributed by atoms with Gasteiger partial charge in [0, 0.05) is 6.54 Å². The maximum absolute atomic E-state index is 5.95. The fourth-order valence-electron chi connectivity index (χ4n) is 2.20. The lowest BCUT2D eigenvalue weighted by atomic mass is 9.79. The molecule has 18 heavy (non-hydrogen) atoms. The minimum absolute atomic E-state index is 0.0859. The van der Waals surface area contributed by atoms with E-state index in [9.17, 15) is 0 Å². The van der Waals surface area contributed by atoms with E-state index in [1.54, 1.807) is 0 Å². The van der Waals surface area contributed by atoms with E-state index in [4.69, 9.17) is 14.0 Å². The molecule has 2 aliphatic rings. The predicted molar refractivity (Wildman–Crippen MR) is 71.5 cm³/mol. The van der Waals surface area contributed by atoms with Crippen LogP contribution in [0.15, 0.2) is 18.2 Å². The standard InChI is InChI=1S/C13H18BNO3/c1-9-13(2,3)18-14(17-9)10-4-5-12-11(8-10)15-6-7-16-12/h4-5,8-9,15H,6-7H2,1-3H3/t9-/m1/s1. The van der Waals surface area contributed by atoms with Gasteiger partial charge in [0.25, 0.3) is 0 Å². The van der Waals surface area contributed by atoms with Gasteiger partial charge in [0.1, 0.15) is 12.4 Å². The summed E-state index contributed by atoms with van der Waals surface area (Å²) >= 11 is 0. The Morgan fingerprint density at radius 2 is 2.22 bits per heavy atom. The molecule has 0 spiro atoms. The Labute approximate surface area is 108 Å². The molecule has 2 aliphatic heterocycles. The molecule has 1 fully saturated rings. The lowest BCUT2D eigenvalue weighted by Gasteiger charge is -2.21. The molecule has 0 bridgehead atoms. The highest BCUT2D eigenvalue weighted by molar-refractivity contribution is 6.62. The van der Waals surface area contributed by atoms with Crippen molar-refractivity contribution in [1.29, 1.82) is 0 Å². The lowest BCUT2D eigenvalue weighted by Crippen LogP contribution is -2.35. The van der Waals surface area contributed by atoms with Crippen molar-refractivity contribution >= 4 is 18.3 Å². The van der Waals surface area contributed by atoms with Gasteiger partial charge < -0.3 is 19.4 Å². The second kappa shape index (κ2) is 4.18. The summed E-state index contributed by atoms with van der Waals surface area (Å²) in [5, 5.41) is 3.32. The largest absolute Gasteiger partial charge is 0.494 e. The Morgan fingerprint density at radius 3 is 2.94 bits per heavy atom. The van der Waals surface area contributed by atoms with Gasteiger partial charge in [-0.05, 0) is 38.4 Å². The second-order valence-electron chi connectivity index (χ2n) is 5.36. The van der Waals surface area contributed by atoms with E-state index < -0.39 is 0 Å². The summed E-state index contributed by atoms with van der Waals surface area (Å²) in [4.78, 5) is 0. The molecule has 1 atom stereocenters. The van der Waals surface area contributed by atoms with Crippen molar-refractivity contribution in [1.82, 2.24) is 0 Å². The third-order valence-corrected chi connectivity index (χ3v) is 3.67. The van der Waals surface area contributed by atoms with Crippen LogP contribution in [-0.4, -0.2) is 32.0 Å². The van der Waals surface area contributed by atoms with Crippen LogP contribution in [0.5, 0.6) is 5.75 Å². The first-order valence-corrected chi connectivity index (χ1v) is 6.40. The normalized spacial score (nSPS) is 25.3. The van der Waals surface area contributed by atoms with Gasteiger partial charge in [-0.1, -0.05) is 6.07 Å². The fraction of sp³-hybridized carbons (Fsp3) is 0.538. The molecule has 5 heteroatoms. The molecule has 96 valence electrons. The summed E-state index contributed by atoms with van der Waals surface area (Å²) < 4.78 is 17.4. The molecule has 0 aliphatic carbocycles. The minimum atomic E-state index is -0.288. The fourth-order valence-corrected chi connectivity index (χ4v) is 2.20. The number of fused-ring (bicyclic) bond motifs is 1. The molecule has 0 unspecified atom stereocenters. The van der Waals surface area contributed by atoms with Gasteiger partial charge >= 0.3 is 7.12 Å². The molecule has 3 rings (SSSR count). The van der Waals surface area contributed by atoms with E-state index in [1.165, 1.54) is 0 Å². The highest BCUT2D eigenvalue weighted by Gasteiger charge is 2.44. The van der Waals surface area contributed by atoms with Gasteiger partial charge in [0.15, 0.2) is 0 Å². The number of anilines is 1. The maximum atomic E-state index is 5.95. The Hall–Kier alpha value is -1.20. The van der Waals surface area contributed by atoms with Gasteiger partial charge in [-0.15, -0.1) is 0 Å². The molecule has 0 aromatic heterocycles. The van der Waals surface area contributed by atoms with Gasteiger partial charge in [0.2, 0.25) is 0 Å². The van der Waals surface area contributed by atoms with Crippen LogP contribution in [0.4, 0.5) is 5.69 Å². The van der Waals surface area contributed by atoms with Crippen molar-refractivity contribution < 1.29 is 14.0 Å². The van der Waals surface area contributed by atoms with E-state index in [-0.39, 0.29) is 18.8 Å². The van der Waals surface area contributed by atoms with Crippen LogP contribution in [0.1, 0.15) is 20.8 Å². The van der Waals surface area contributed by atoms with Gasteiger partial charge in [-0.2, -0.15) is 0 Å². The number of hydrogen-bond donors (Lipinski definition) is 1. The van der Waals surface area contributed by atoms with Crippen LogP contribution in [0, 0.1) is 0 Å². The number of nitrogens with one attached hydrogen (secondary N) is 1. The van der Waals surface area contributed by atoms with Crippen LogP contribution in [0.25, 0.3) is 0 Å². The summed E-state index contributed by atoms with van der Waals surface area (Å²) in [5.41, 5.74) is 1.80. The number of hydrogen-bond acceptors (Lipinski definition) is 4. The summed E-state index contributed by atoms with van der Waals surface area (Å²) in [7, 11) is -0.288. The smallest absolute Gasteiger partial charge is 0.490 e.